The average molecular weight is 387 g/mol. The molecule has 0 unspecified atom stereocenters. The molecule has 0 aromatic heterocycles. The maximum absolute atomic E-state index is 12.6. The van der Waals surface area contributed by atoms with E-state index in [0.29, 0.717) is 13.1 Å². The molecule has 0 radical (unpaired) electrons. The fourth-order valence-corrected chi connectivity index (χ4v) is 3.99. The molecule has 1 aliphatic carbocycles. The predicted octanol–water partition coefficient (Wildman–Crippen LogP) is 1.11. The topological polar surface area (TPSA) is 87.7 Å². The van der Waals surface area contributed by atoms with Gasteiger partial charge in [-0.2, -0.15) is 0 Å². The summed E-state index contributed by atoms with van der Waals surface area (Å²) in [5, 5.41) is 5.76. The van der Waals surface area contributed by atoms with Crippen LogP contribution in [0.3, 0.4) is 0 Å². The van der Waals surface area contributed by atoms with Crippen LogP contribution in [0.5, 0.6) is 0 Å². The van der Waals surface area contributed by atoms with Crippen LogP contribution < -0.4 is 10.6 Å². The fraction of sp³-hybridized carbons (Fsp3) is 0.571. The van der Waals surface area contributed by atoms with Gasteiger partial charge in [-0.3, -0.25) is 19.3 Å². The minimum Gasteiger partial charge on any atom is -0.469 e. The number of rotatable bonds is 6. The smallest absolute Gasteiger partial charge is 0.307 e. The van der Waals surface area contributed by atoms with Gasteiger partial charge < -0.3 is 15.4 Å². The first-order valence-electron chi connectivity index (χ1n) is 9.97. The first kappa shape index (κ1) is 20.3. The number of nitrogens with one attached hydrogen (secondary N) is 2. The fourth-order valence-electron chi connectivity index (χ4n) is 3.99. The van der Waals surface area contributed by atoms with Gasteiger partial charge in [0.05, 0.1) is 26.1 Å². The zero-order valence-corrected chi connectivity index (χ0v) is 16.6. The lowest BCUT2D eigenvalue weighted by Gasteiger charge is -2.34. The number of carbonyl (C=O) groups is 3. The van der Waals surface area contributed by atoms with E-state index in [1.165, 1.54) is 31.1 Å². The number of benzene rings is 1. The highest BCUT2D eigenvalue weighted by atomic mass is 16.5. The summed E-state index contributed by atoms with van der Waals surface area (Å²) in [5.41, 5.74) is 3.89. The summed E-state index contributed by atoms with van der Waals surface area (Å²) >= 11 is 0. The third kappa shape index (κ3) is 4.90. The molecule has 1 fully saturated rings. The molecule has 7 heteroatoms. The number of hydrogen-bond donors (Lipinski definition) is 2. The maximum atomic E-state index is 12.6. The Morgan fingerprint density at radius 3 is 2.79 bits per heavy atom. The largest absolute Gasteiger partial charge is 0.469 e. The molecule has 28 heavy (non-hydrogen) atoms. The Balaban J connectivity index is 1.60. The van der Waals surface area contributed by atoms with Crippen molar-refractivity contribution in [3.05, 3.63) is 34.9 Å². The summed E-state index contributed by atoms with van der Waals surface area (Å²) in [7, 11) is 1.29. The quantitative estimate of drug-likeness (QED) is 0.714. The van der Waals surface area contributed by atoms with E-state index < -0.39 is 12.0 Å². The van der Waals surface area contributed by atoms with Gasteiger partial charge in [0.2, 0.25) is 11.8 Å². The monoisotopic (exact) mass is 387 g/mol. The van der Waals surface area contributed by atoms with Crippen molar-refractivity contribution in [2.24, 2.45) is 0 Å². The van der Waals surface area contributed by atoms with Crippen molar-refractivity contribution >= 4 is 17.8 Å². The number of ether oxygens (including phenoxy) is 1. The minimum absolute atomic E-state index is 0.0595. The molecule has 3 rings (SSSR count). The minimum atomic E-state index is -0.675. The molecule has 1 aromatic rings. The Hall–Kier alpha value is -2.41. The van der Waals surface area contributed by atoms with Crippen molar-refractivity contribution in [2.75, 3.05) is 26.7 Å². The van der Waals surface area contributed by atoms with E-state index in [0.717, 1.165) is 18.4 Å². The van der Waals surface area contributed by atoms with Gasteiger partial charge in [-0.05, 0) is 49.3 Å². The zero-order chi connectivity index (χ0) is 20.1. The summed E-state index contributed by atoms with van der Waals surface area (Å²) in [5.74, 6) is -0.864. The van der Waals surface area contributed by atoms with Gasteiger partial charge in [0.1, 0.15) is 6.04 Å². The third-order valence-corrected chi connectivity index (χ3v) is 5.63. The molecule has 2 amide bonds. The van der Waals surface area contributed by atoms with Gasteiger partial charge in [-0.15, -0.1) is 0 Å². The van der Waals surface area contributed by atoms with Crippen molar-refractivity contribution in [1.82, 2.24) is 15.5 Å². The molecule has 0 bridgehead atoms. The standard InChI is InChI=1S/C21H29N3O4/c1-14(16-8-7-15-5-3-4-6-17(15)11-16)23-19(25)13-24-10-9-22-21(27)18(24)12-20(26)28-2/h7-8,11,14,18H,3-6,9-10,12-13H2,1-2H3,(H,22,27)(H,23,25)/t14-,18+/m1/s1. The molecular weight excluding hydrogens is 358 g/mol. The van der Waals surface area contributed by atoms with E-state index in [2.05, 4.69) is 33.6 Å². The first-order chi connectivity index (χ1) is 13.5. The third-order valence-electron chi connectivity index (χ3n) is 5.63. The molecular formula is C21H29N3O4. The summed E-state index contributed by atoms with van der Waals surface area (Å²) in [4.78, 5) is 38.1. The Labute approximate surface area is 165 Å². The van der Waals surface area contributed by atoms with Crippen LogP contribution in [-0.4, -0.2) is 55.5 Å². The molecule has 152 valence electrons. The van der Waals surface area contributed by atoms with Gasteiger partial charge in [0.25, 0.3) is 0 Å². The van der Waals surface area contributed by atoms with Crippen LogP contribution in [0, 0.1) is 0 Å². The maximum Gasteiger partial charge on any atom is 0.307 e. The van der Waals surface area contributed by atoms with E-state index in [1.54, 1.807) is 4.90 Å². The van der Waals surface area contributed by atoms with Gasteiger partial charge in [-0.1, -0.05) is 18.2 Å². The highest BCUT2D eigenvalue weighted by molar-refractivity contribution is 5.88. The number of aryl methyl sites for hydroxylation is 2. The number of hydrogen-bond acceptors (Lipinski definition) is 5. The van der Waals surface area contributed by atoms with Gasteiger partial charge in [0.15, 0.2) is 0 Å². The van der Waals surface area contributed by atoms with E-state index in [-0.39, 0.29) is 30.8 Å². The molecule has 1 saturated heterocycles. The van der Waals surface area contributed by atoms with Crippen LogP contribution in [0.15, 0.2) is 18.2 Å². The van der Waals surface area contributed by atoms with Crippen LogP contribution in [0.25, 0.3) is 0 Å². The highest BCUT2D eigenvalue weighted by Crippen LogP contribution is 2.24. The number of methoxy groups -OCH3 is 1. The molecule has 2 aliphatic rings. The second-order valence-electron chi connectivity index (χ2n) is 7.58. The molecule has 2 atom stereocenters. The number of esters is 1. The Bertz CT molecular complexity index is 749. The average Bonchev–Trinajstić information content (AvgIpc) is 2.69. The number of piperazine rings is 1. The Morgan fingerprint density at radius 1 is 1.29 bits per heavy atom. The lowest BCUT2D eigenvalue weighted by atomic mass is 9.89. The molecule has 0 spiro atoms. The molecule has 1 aromatic carbocycles. The van der Waals surface area contributed by atoms with E-state index in [4.69, 9.17) is 0 Å². The molecule has 0 saturated carbocycles. The zero-order valence-electron chi connectivity index (χ0n) is 16.6. The number of amides is 2. The number of carbonyl (C=O) groups excluding carboxylic acids is 3. The summed E-state index contributed by atoms with van der Waals surface area (Å²) in [6, 6.07) is 5.67. The van der Waals surface area contributed by atoms with Gasteiger partial charge >= 0.3 is 5.97 Å². The lowest BCUT2D eigenvalue weighted by Crippen LogP contribution is -2.58. The van der Waals surface area contributed by atoms with Crippen LogP contribution in [0.4, 0.5) is 0 Å². The number of nitrogens with zero attached hydrogens (tertiary/aromatic N) is 1. The van der Waals surface area contributed by atoms with Crippen LogP contribution in [0.2, 0.25) is 0 Å². The van der Waals surface area contributed by atoms with E-state index >= 15 is 0 Å². The van der Waals surface area contributed by atoms with Crippen LogP contribution in [0.1, 0.15) is 48.9 Å². The number of fused-ring (bicyclic) bond motifs is 1. The van der Waals surface area contributed by atoms with Gasteiger partial charge in [0, 0.05) is 13.1 Å². The Kier molecular flexibility index (Phi) is 6.67. The van der Waals surface area contributed by atoms with Crippen LogP contribution >= 0.6 is 0 Å². The SMILES string of the molecule is COC(=O)C[C@H]1C(=O)NCCN1CC(=O)N[C@H](C)c1ccc2c(c1)CCCC2. The summed E-state index contributed by atoms with van der Waals surface area (Å²) in [6.07, 6.45) is 4.64. The highest BCUT2D eigenvalue weighted by Gasteiger charge is 2.33. The molecule has 7 nitrogen and oxygen atoms in total. The Morgan fingerprint density at radius 2 is 2.04 bits per heavy atom. The normalized spacial score (nSPS) is 20.6. The second kappa shape index (κ2) is 9.19. The molecule has 2 N–H and O–H groups in total. The van der Waals surface area contributed by atoms with Crippen molar-refractivity contribution in [3.8, 4) is 0 Å². The van der Waals surface area contributed by atoms with Crippen molar-refractivity contribution in [1.29, 1.82) is 0 Å². The predicted molar refractivity (Wildman–Crippen MR) is 105 cm³/mol. The first-order valence-corrected chi connectivity index (χ1v) is 9.97. The molecule has 1 aliphatic heterocycles. The summed E-state index contributed by atoms with van der Waals surface area (Å²) in [6.45, 7) is 3.03. The second-order valence-corrected chi connectivity index (χ2v) is 7.58. The van der Waals surface area contributed by atoms with Crippen LogP contribution in [-0.2, 0) is 32.0 Å². The summed E-state index contributed by atoms with van der Waals surface area (Å²) < 4.78 is 4.68. The lowest BCUT2D eigenvalue weighted by molar-refractivity contribution is -0.146. The van der Waals surface area contributed by atoms with E-state index in [9.17, 15) is 14.4 Å². The van der Waals surface area contributed by atoms with Crippen molar-refractivity contribution in [2.45, 2.75) is 51.1 Å². The molecule has 1 heterocycles. The van der Waals surface area contributed by atoms with E-state index in [1.807, 2.05) is 6.92 Å². The van der Waals surface area contributed by atoms with Gasteiger partial charge in [-0.25, -0.2) is 0 Å². The van der Waals surface area contributed by atoms with Crippen molar-refractivity contribution < 1.29 is 19.1 Å². The van der Waals surface area contributed by atoms with Crippen molar-refractivity contribution in [3.63, 3.8) is 0 Å².